The molecule has 2 aliphatic rings. The molecule has 2 aliphatic heterocycles. The summed E-state index contributed by atoms with van der Waals surface area (Å²) in [7, 11) is 0. The van der Waals surface area contributed by atoms with Crippen molar-refractivity contribution in [2.75, 3.05) is 26.2 Å². The molecular weight excluding hydrogens is 252 g/mol. The number of carbonyl (C=O) groups is 2. The molecule has 2 heterocycles. The van der Waals surface area contributed by atoms with Crippen molar-refractivity contribution in [1.82, 2.24) is 9.80 Å². The monoisotopic (exact) mass is 280 g/mol. The minimum atomic E-state index is 0.136. The summed E-state index contributed by atoms with van der Waals surface area (Å²) < 4.78 is 0. The lowest BCUT2D eigenvalue weighted by atomic mass is 9.95. The molecule has 1 atom stereocenters. The van der Waals surface area contributed by atoms with E-state index in [1.807, 2.05) is 4.90 Å². The molecule has 0 bridgehead atoms. The van der Waals surface area contributed by atoms with Crippen LogP contribution in [0, 0.1) is 11.8 Å². The maximum atomic E-state index is 12.6. The highest BCUT2D eigenvalue weighted by molar-refractivity contribution is 5.79. The molecular formula is C16H28N2O2. The van der Waals surface area contributed by atoms with Crippen molar-refractivity contribution in [2.24, 2.45) is 11.8 Å². The van der Waals surface area contributed by atoms with E-state index in [9.17, 15) is 9.59 Å². The Balaban J connectivity index is 1.84. The molecule has 2 rings (SSSR count). The Morgan fingerprint density at radius 2 is 1.60 bits per heavy atom. The van der Waals surface area contributed by atoms with Gasteiger partial charge in [0.1, 0.15) is 0 Å². The van der Waals surface area contributed by atoms with E-state index in [4.69, 9.17) is 0 Å². The fraction of sp³-hybridized carbons (Fsp3) is 0.875. The van der Waals surface area contributed by atoms with Gasteiger partial charge in [0.15, 0.2) is 0 Å². The molecule has 0 N–H and O–H groups in total. The van der Waals surface area contributed by atoms with Crippen molar-refractivity contribution in [3.05, 3.63) is 0 Å². The molecule has 4 heteroatoms. The van der Waals surface area contributed by atoms with Crippen molar-refractivity contribution in [1.29, 1.82) is 0 Å². The minimum Gasteiger partial charge on any atom is -0.343 e. The average molecular weight is 280 g/mol. The largest absolute Gasteiger partial charge is 0.343 e. The minimum absolute atomic E-state index is 0.136. The van der Waals surface area contributed by atoms with Gasteiger partial charge in [-0.1, -0.05) is 13.3 Å². The summed E-state index contributed by atoms with van der Waals surface area (Å²) in [5.74, 6) is 1.41. The van der Waals surface area contributed by atoms with Gasteiger partial charge >= 0.3 is 0 Å². The number of carbonyl (C=O) groups excluding carboxylic acids is 2. The van der Waals surface area contributed by atoms with Gasteiger partial charge < -0.3 is 9.80 Å². The molecule has 4 nitrogen and oxygen atoms in total. The van der Waals surface area contributed by atoms with Crippen molar-refractivity contribution >= 4 is 11.8 Å². The van der Waals surface area contributed by atoms with E-state index in [-0.39, 0.29) is 11.8 Å². The van der Waals surface area contributed by atoms with E-state index in [0.29, 0.717) is 5.91 Å². The molecule has 0 saturated carbocycles. The predicted octanol–water partition coefficient (Wildman–Crippen LogP) is 2.28. The molecule has 2 fully saturated rings. The first-order valence-corrected chi connectivity index (χ1v) is 8.16. The molecule has 0 aliphatic carbocycles. The van der Waals surface area contributed by atoms with E-state index in [0.717, 1.165) is 57.8 Å². The Morgan fingerprint density at radius 1 is 0.950 bits per heavy atom. The maximum absolute atomic E-state index is 12.6. The summed E-state index contributed by atoms with van der Waals surface area (Å²) >= 11 is 0. The lowest BCUT2D eigenvalue weighted by Crippen LogP contribution is -2.44. The third-order valence-electron chi connectivity index (χ3n) is 5.03. The van der Waals surface area contributed by atoms with Gasteiger partial charge in [-0.25, -0.2) is 0 Å². The number of nitrogens with zero attached hydrogens (tertiary/aromatic N) is 2. The van der Waals surface area contributed by atoms with Crippen LogP contribution >= 0.6 is 0 Å². The summed E-state index contributed by atoms with van der Waals surface area (Å²) in [6, 6.07) is 0. The van der Waals surface area contributed by atoms with Gasteiger partial charge in [-0.15, -0.1) is 0 Å². The number of rotatable bonds is 2. The standard InChI is InChI=1S/C16H28N2O2/c1-3-14-5-4-9-18(10-6-14)16(20)15-7-11-17(12-8-15)13(2)19/h14-15H,3-12H2,1-2H3. The second-order valence-corrected chi connectivity index (χ2v) is 6.31. The molecule has 2 amide bonds. The van der Waals surface area contributed by atoms with Crippen LogP contribution in [-0.2, 0) is 9.59 Å². The van der Waals surface area contributed by atoms with Crippen molar-refractivity contribution < 1.29 is 9.59 Å². The van der Waals surface area contributed by atoms with Gasteiger partial charge in [-0.3, -0.25) is 9.59 Å². The second-order valence-electron chi connectivity index (χ2n) is 6.31. The highest BCUT2D eigenvalue weighted by Gasteiger charge is 2.30. The van der Waals surface area contributed by atoms with Crippen LogP contribution in [0.4, 0.5) is 0 Å². The molecule has 1 unspecified atom stereocenters. The van der Waals surface area contributed by atoms with Gasteiger partial charge in [-0.2, -0.15) is 0 Å². The molecule has 2 saturated heterocycles. The molecule has 0 aromatic heterocycles. The third kappa shape index (κ3) is 3.74. The average Bonchev–Trinajstić information content (AvgIpc) is 2.72. The Morgan fingerprint density at radius 3 is 2.20 bits per heavy atom. The normalized spacial score (nSPS) is 25.4. The Labute approximate surface area is 122 Å². The molecule has 20 heavy (non-hydrogen) atoms. The van der Waals surface area contributed by atoms with Crippen LogP contribution in [0.3, 0.4) is 0 Å². The second kappa shape index (κ2) is 7.09. The molecule has 114 valence electrons. The van der Waals surface area contributed by atoms with Gasteiger partial charge in [0, 0.05) is 39.0 Å². The van der Waals surface area contributed by atoms with E-state index in [1.54, 1.807) is 6.92 Å². The van der Waals surface area contributed by atoms with Gasteiger partial charge in [0.25, 0.3) is 0 Å². The first kappa shape index (κ1) is 15.3. The molecule has 0 aromatic rings. The van der Waals surface area contributed by atoms with Crippen molar-refractivity contribution in [3.63, 3.8) is 0 Å². The first-order valence-electron chi connectivity index (χ1n) is 8.16. The number of hydrogen-bond acceptors (Lipinski definition) is 2. The number of amides is 2. The highest BCUT2D eigenvalue weighted by Crippen LogP contribution is 2.24. The van der Waals surface area contributed by atoms with Gasteiger partial charge in [-0.05, 0) is 38.0 Å². The van der Waals surface area contributed by atoms with Crippen LogP contribution in [0.1, 0.15) is 52.4 Å². The Bertz CT molecular complexity index is 348. The number of likely N-dealkylation sites (tertiary alicyclic amines) is 2. The summed E-state index contributed by atoms with van der Waals surface area (Å²) in [4.78, 5) is 27.9. The molecule has 0 radical (unpaired) electrons. The van der Waals surface area contributed by atoms with Crippen LogP contribution in [-0.4, -0.2) is 47.8 Å². The Hall–Kier alpha value is -1.06. The fourth-order valence-electron chi connectivity index (χ4n) is 3.49. The molecule has 0 spiro atoms. The quantitative estimate of drug-likeness (QED) is 0.778. The topological polar surface area (TPSA) is 40.6 Å². The van der Waals surface area contributed by atoms with E-state index in [1.165, 1.54) is 12.8 Å². The van der Waals surface area contributed by atoms with E-state index in [2.05, 4.69) is 11.8 Å². The van der Waals surface area contributed by atoms with Crippen molar-refractivity contribution in [3.8, 4) is 0 Å². The van der Waals surface area contributed by atoms with Crippen LogP contribution in [0.25, 0.3) is 0 Å². The smallest absolute Gasteiger partial charge is 0.225 e. The van der Waals surface area contributed by atoms with E-state index >= 15 is 0 Å². The zero-order valence-electron chi connectivity index (χ0n) is 12.9. The summed E-state index contributed by atoms with van der Waals surface area (Å²) in [6.45, 7) is 7.22. The fourth-order valence-corrected chi connectivity index (χ4v) is 3.49. The summed E-state index contributed by atoms with van der Waals surface area (Å²) in [5, 5.41) is 0. The SMILES string of the molecule is CCC1CCCN(C(=O)C2CCN(C(C)=O)CC2)CC1. The first-order chi connectivity index (χ1) is 9.61. The van der Waals surface area contributed by atoms with Crippen LogP contribution in [0.15, 0.2) is 0 Å². The van der Waals surface area contributed by atoms with Crippen LogP contribution in [0.5, 0.6) is 0 Å². The lowest BCUT2D eigenvalue weighted by Gasteiger charge is -2.33. The summed E-state index contributed by atoms with van der Waals surface area (Å²) in [6.07, 6.45) is 6.49. The van der Waals surface area contributed by atoms with Crippen LogP contribution in [0.2, 0.25) is 0 Å². The molecule has 0 aromatic carbocycles. The maximum Gasteiger partial charge on any atom is 0.225 e. The van der Waals surface area contributed by atoms with Gasteiger partial charge in [0.05, 0.1) is 0 Å². The highest BCUT2D eigenvalue weighted by atomic mass is 16.2. The van der Waals surface area contributed by atoms with E-state index < -0.39 is 0 Å². The third-order valence-corrected chi connectivity index (χ3v) is 5.03. The predicted molar refractivity (Wildman–Crippen MR) is 79.2 cm³/mol. The number of hydrogen-bond donors (Lipinski definition) is 0. The van der Waals surface area contributed by atoms with Crippen LogP contribution < -0.4 is 0 Å². The Kier molecular flexibility index (Phi) is 5.44. The van der Waals surface area contributed by atoms with Gasteiger partial charge in [0.2, 0.25) is 11.8 Å². The van der Waals surface area contributed by atoms with Crippen molar-refractivity contribution in [2.45, 2.75) is 52.4 Å². The summed E-state index contributed by atoms with van der Waals surface area (Å²) in [5.41, 5.74) is 0. The zero-order chi connectivity index (χ0) is 14.5. The number of piperidine rings is 1. The lowest BCUT2D eigenvalue weighted by molar-refractivity contribution is -0.140. The zero-order valence-corrected chi connectivity index (χ0v) is 12.9.